The zero-order valence-corrected chi connectivity index (χ0v) is 11.9. The minimum absolute atomic E-state index is 0.0988. The first-order chi connectivity index (χ1) is 9.45. The van der Waals surface area contributed by atoms with Crippen LogP contribution in [-0.2, 0) is 16.0 Å². The van der Waals surface area contributed by atoms with E-state index in [4.69, 9.17) is 10.8 Å². The van der Waals surface area contributed by atoms with Gasteiger partial charge in [0.1, 0.15) is 6.04 Å². The van der Waals surface area contributed by atoms with E-state index in [1.807, 2.05) is 32.0 Å². The lowest BCUT2D eigenvalue weighted by Crippen LogP contribution is -2.45. The number of carboxylic acids is 1. The number of rotatable bonds is 7. The molecule has 0 fully saturated rings. The van der Waals surface area contributed by atoms with E-state index >= 15 is 0 Å². The van der Waals surface area contributed by atoms with Crippen molar-refractivity contribution in [2.75, 3.05) is 5.73 Å². The first-order valence-corrected chi connectivity index (χ1v) is 6.81. The molecule has 20 heavy (non-hydrogen) atoms. The van der Waals surface area contributed by atoms with E-state index in [0.29, 0.717) is 18.5 Å². The van der Waals surface area contributed by atoms with Gasteiger partial charge in [0.05, 0.1) is 0 Å². The molecule has 5 nitrogen and oxygen atoms in total. The Morgan fingerprint density at radius 1 is 1.35 bits per heavy atom. The number of aliphatic carboxylic acids is 1. The van der Waals surface area contributed by atoms with Crippen molar-refractivity contribution in [1.82, 2.24) is 5.32 Å². The van der Waals surface area contributed by atoms with Crippen LogP contribution < -0.4 is 11.1 Å². The topological polar surface area (TPSA) is 92.4 Å². The van der Waals surface area contributed by atoms with Gasteiger partial charge in [0.2, 0.25) is 5.91 Å². The van der Waals surface area contributed by atoms with Crippen molar-refractivity contribution in [1.29, 1.82) is 0 Å². The van der Waals surface area contributed by atoms with Gasteiger partial charge in [-0.15, -0.1) is 0 Å². The highest BCUT2D eigenvalue weighted by Crippen LogP contribution is 2.13. The molecule has 0 bridgehead atoms. The maximum atomic E-state index is 11.8. The van der Waals surface area contributed by atoms with E-state index < -0.39 is 12.0 Å². The molecule has 0 heterocycles. The number of nitrogen functional groups attached to an aromatic ring is 1. The lowest BCUT2D eigenvalue weighted by Gasteiger charge is -2.20. The number of nitrogens with two attached hydrogens (primary N) is 1. The van der Waals surface area contributed by atoms with E-state index in [2.05, 4.69) is 5.32 Å². The molecule has 0 aliphatic heterocycles. The standard InChI is InChI=1S/C15H22N2O3/c1-3-10(2)14(15(19)20)17-13(18)9-8-11-6-4-5-7-12(11)16/h4-7,10,14H,3,8-9,16H2,1-2H3,(H,17,18)(H,19,20). The summed E-state index contributed by atoms with van der Waals surface area (Å²) in [6, 6.07) is 6.52. The van der Waals surface area contributed by atoms with Crippen LogP contribution in [0.2, 0.25) is 0 Å². The summed E-state index contributed by atoms with van der Waals surface area (Å²) < 4.78 is 0. The summed E-state index contributed by atoms with van der Waals surface area (Å²) in [5, 5.41) is 11.7. The normalized spacial score (nSPS) is 13.5. The van der Waals surface area contributed by atoms with Crippen LogP contribution in [0.15, 0.2) is 24.3 Å². The second kappa shape index (κ2) is 7.53. The van der Waals surface area contributed by atoms with Crippen molar-refractivity contribution < 1.29 is 14.7 Å². The Labute approximate surface area is 119 Å². The van der Waals surface area contributed by atoms with Crippen LogP contribution in [0, 0.1) is 5.92 Å². The molecular weight excluding hydrogens is 256 g/mol. The molecule has 0 spiro atoms. The third-order valence-electron chi connectivity index (χ3n) is 3.47. The third-order valence-corrected chi connectivity index (χ3v) is 3.47. The van der Waals surface area contributed by atoms with E-state index in [9.17, 15) is 9.59 Å². The molecule has 4 N–H and O–H groups in total. The second-order valence-corrected chi connectivity index (χ2v) is 4.97. The average Bonchev–Trinajstić information content (AvgIpc) is 2.42. The predicted molar refractivity (Wildman–Crippen MR) is 78.2 cm³/mol. The number of carbonyl (C=O) groups is 2. The van der Waals surface area contributed by atoms with Crippen LogP contribution in [0.25, 0.3) is 0 Å². The highest BCUT2D eigenvalue weighted by molar-refractivity contribution is 5.83. The highest BCUT2D eigenvalue weighted by Gasteiger charge is 2.24. The zero-order valence-electron chi connectivity index (χ0n) is 11.9. The van der Waals surface area contributed by atoms with Crippen LogP contribution in [0.4, 0.5) is 5.69 Å². The van der Waals surface area contributed by atoms with Crippen molar-refractivity contribution in [3.63, 3.8) is 0 Å². The van der Waals surface area contributed by atoms with Crippen LogP contribution in [0.5, 0.6) is 0 Å². The fraction of sp³-hybridized carbons (Fsp3) is 0.467. The van der Waals surface area contributed by atoms with Gasteiger partial charge in [-0.1, -0.05) is 38.5 Å². The first-order valence-electron chi connectivity index (χ1n) is 6.81. The molecule has 0 saturated carbocycles. The lowest BCUT2D eigenvalue weighted by molar-refractivity contribution is -0.143. The summed E-state index contributed by atoms with van der Waals surface area (Å²) in [5.74, 6) is -1.36. The number of carboxylic acid groups (broad SMARTS) is 1. The number of nitrogens with one attached hydrogen (secondary N) is 1. The van der Waals surface area contributed by atoms with Gasteiger partial charge >= 0.3 is 5.97 Å². The smallest absolute Gasteiger partial charge is 0.326 e. The number of benzene rings is 1. The highest BCUT2D eigenvalue weighted by atomic mass is 16.4. The molecule has 110 valence electrons. The third kappa shape index (κ3) is 4.57. The van der Waals surface area contributed by atoms with E-state index in [-0.39, 0.29) is 18.2 Å². The van der Waals surface area contributed by atoms with Crippen LogP contribution in [-0.4, -0.2) is 23.0 Å². The van der Waals surface area contributed by atoms with Crippen LogP contribution >= 0.6 is 0 Å². The Bertz CT molecular complexity index is 474. The molecule has 1 aromatic rings. The largest absolute Gasteiger partial charge is 0.480 e. The van der Waals surface area contributed by atoms with Gasteiger partial charge in [-0.05, 0) is 24.0 Å². The summed E-state index contributed by atoms with van der Waals surface area (Å²) in [7, 11) is 0. The van der Waals surface area contributed by atoms with E-state index in [1.165, 1.54) is 0 Å². The molecule has 0 aromatic heterocycles. The maximum Gasteiger partial charge on any atom is 0.326 e. The lowest BCUT2D eigenvalue weighted by atomic mass is 9.99. The molecule has 1 aromatic carbocycles. The Hall–Kier alpha value is -2.04. The summed E-state index contributed by atoms with van der Waals surface area (Å²) in [6.07, 6.45) is 1.43. The van der Waals surface area contributed by atoms with Gasteiger partial charge in [-0.2, -0.15) is 0 Å². The maximum absolute atomic E-state index is 11.8. The summed E-state index contributed by atoms with van der Waals surface area (Å²) in [5.41, 5.74) is 7.35. The SMILES string of the molecule is CCC(C)C(NC(=O)CCc1ccccc1N)C(=O)O. The number of anilines is 1. The van der Waals surface area contributed by atoms with E-state index in [0.717, 1.165) is 5.56 Å². The summed E-state index contributed by atoms with van der Waals surface area (Å²) in [4.78, 5) is 23.0. The number of amides is 1. The monoisotopic (exact) mass is 278 g/mol. The van der Waals surface area contributed by atoms with Crippen LogP contribution in [0.3, 0.4) is 0 Å². The Morgan fingerprint density at radius 3 is 2.55 bits per heavy atom. The minimum atomic E-state index is -0.994. The van der Waals surface area contributed by atoms with E-state index in [1.54, 1.807) is 6.07 Å². The fourth-order valence-electron chi connectivity index (χ4n) is 1.94. The Morgan fingerprint density at radius 2 is 2.00 bits per heavy atom. The Kier molecular flexibility index (Phi) is 6.03. The van der Waals surface area contributed by atoms with Gasteiger partial charge in [0, 0.05) is 12.1 Å². The minimum Gasteiger partial charge on any atom is -0.480 e. The quantitative estimate of drug-likeness (QED) is 0.663. The molecule has 0 radical (unpaired) electrons. The predicted octanol–water partition coefficient (Wildman–Crippen LogP) is 1.82. The molecule has 0 aliphatic carbocycles. The summed E-state index contributed by atoms with van der Waals surface area (Å²) in [6.45, 7) is 3.71. The number of carbonyl (C=O) groups excluding carboxylic acids is 1. The zero-order chi connectivity index (χ0) is 15.1. The summed E-state index contributed by atoms with van der Waals surface area (Å²) >= 11 is 0. The van der Waals surface area contributed by atoms with Gasteiger partial charge in [0.15, 0.2) is 0 Å². The fourth-order valence-corrected chi connectivity index (χ4v) is 1.94. The Balaban J connectivity index is 2.55. The van der Waals surface area contributed by atoms with Gasteiger partial charge in [-0.25, -0.2) is 4.79 Å². The van der Waals surface area contributed by atoms with Crippen molar-refractivity contribution in [3.05, 3.63) is 29.8 Å². The van der Waals surface area contributed by atoms with Crippen LogP contribution in [0.1, 0.15) is 32.3 Å². The molecular formula is C15H22N2O3. The van der Waals surface area contributed by atoms with Gasteiger partial charge < -0.3 is 16.2 Å². The number of hydrogen-bond donors (Lipinski definition) is 3. The average molecular weight is 278 g/mol. The molecule has 0 aliphatic rings. The molecule has 1 rings (SSSR count). The second-order valence-electron chi connectivity index (χ2n) is 4.97. The molecule has 2 unspecified atom stereocenters. The van der Waals surface area contributed by atoms with Crippen molar-refractivity contribution >= 4 is 17.6 Å². The molecule has 2 atom stereocenters. The number of aryl methyl sites for hydroxylation is 1. The van der Waals surface area contributed by atoms with Crippen molar-refractivity contribution in [2.45, 2.75) is 39.2 Å². The molecule has 5 heteroatoms. The number of hydrogen-bond acceptors (Lipinski definition) is 3. The van der Waals surface area contributed by atoms with Crippen molar-refractivity contribution in [3.8, 4) is 0 Å². The van der Waals surface area contributed by atoms with Gasteiger partial charge in [0.25, 0.3) is 0 Å². The van der Waals surface area contributed by atoms with Crippen molar-refractivity contribution in [2.24, 2.45) is 5.92 Å². The molecule has 0 saturated heterocycles. The molecule has 1 amide bonds. The number of para-hydroxylation sites is 1. The van der Waals surface area contributed by atoms with Gasteiger partial charge in [-0.3, -0.25) is 4.79 Å². The first kappa shape index (κ1) is 16.0.